The highest BCUT2D eigenvalue weighted by molar-refractivity contribution is 5.93. The summed E-state index contributed by atoms with van der Waals surface area (Å²) < 4.78 is 0. The Morgan fingerprint density at radius 1 is 0.867 bits per heavy atom. The molecule has 0 aliphatic heterocycles. The molecule has 1 aromatic rings. The fraction of sp³-hybridized carbons (Fsp3) is 0.524. The molecule has 9 nitrogen and oxygen atoms in total. The zero-order valence-electron chi connectivity index (χ0n) is 17.8. The van der Waals surface area contributed by atoms with Crippen LogP contribution in [-0.4, -0.2) is 53.5 Å². The van der Waals surface area contributed by atoms with Crippen LogP contribution in [0, 0.1) is 11.8 Å². The van der Waals surface area contributed by atoms with Crippen LogP contribution in [0.1, 0.15) is 33.3 Å². The number of carboxylic acid groups (broad SMARTS) is 1. The second-order valence-electron chi connectivity index (χ2n) is 7.81. The lowest BCUT2D eigenvalue weighted by molar-refractivity contribution is -0.143. The van der Waals surface area contributed by atoms with Crippen molar-refractivity contribution in [2.24, 2.45) is 17.6 Å². The Morgan fingerprint density at radius 3 is 1.90 bits per heavy atom. The van der Waals surface area contributed by atoms with Gasteiger partial charge in [-0.2, -0.15) is 0 Å². The van der Waals surface area contributed by atoms with E-state index in [1.807, 2.05) is 6.07 Å². The molecule has 0 unspecified atom stereocenters. The van der Waals surface area contributed by atoms with Gasteiger partial charge in [-0.1, -0.05) is 58.0 Å². The van der Waals surface area contributed by atoms with E-state index in [0.717, 1.165) is 5.56 Å². The summed E-state index contributed by atoms with van der Waals surface area (Å²) in [6.45, 7) is 6.61. The topological polar surface area (TPSA) is 151 Å². The SMILES string of the molecule is CC(C)[C@H](NC(=O)[C@H](Cc1ccccc1)NC(=O)[C@@H](NC(=O)CN)C(C)C)C(=O)O. The summed E-state index contributed by atoms with van der Waals surface area (Å²) in [5.41, 5.74) is 6.11. The standard InChI is InChI=1S/C21H32N4O5/c1-12(2)17(24-16(26)11-22)20(28)23-15(10-14-8-6-5-7-9-14)19(27)25-18(13(3)4)21(29)30/h5-9,12-13,15,17-18H,10-11,22H2,1-4H3,(H,23,28)(H,24,26)(H,25,27)(H,29,30)/t15-,17-,18-/m0/s1. The first-order valence-electron chi connectivity index (χ1n) is 9.93. The molecule has 0 aliphatic rings. The van der Waals surface area contributed by atoms with E-state index in [4.69, 9.17) is 5.73 Å². The van der Waals surface area contributed by atoms with Crippen LogP contribution in [0.15, 0.2) is 30.3 Å². The Labute approximate surface area is 176 Å². The predicted molar refractivity (Wildman–Crippen MR) is 112 cm³/mol. The molecule has 3 atom stereocenters. The number of benzene rings is 1. The highest BCUT2D eigenvalue weighted by Gasteiger charge is 2.31. The van der Waals surface area contributed by atoms with Gasteiger partial charge in [0.25, 0.3) is 0 Å². The van der Waals surface area contributed by atoms with Gasteiger partial charge in [-0.15, -0.1) is 0 Å². The molecule has 166 valence electrons. The van der Waals surface area contributed by atoms with Gasteiger partial charge in [0.2, 0.25) is 17.7 Å². The van der Waals surface area contributed by atoms with Gasteiger partial charge in [0, 0.05) is 6.42 Å². The van der Waals surface area contributed by atoms with Crippen molar-refractivity contribution in [1.82, 2.24) is 16.0 Å². The summed E-state index contributed by atoms with van der Waals surface area (Å²) in [7, 11) is 0. The first kappa shape index (κ1) is 25.1. The largest absolute Gasteiger partial charge is 0.480 e. The minimum atomic E-state index is -1.15. The summed E-state index contributed by atoms with van der Waals surface area (Å²) in [5, 5.41) is 17.1. The Bertz CT molecular complexity index is 736. The lowest BCUT2D eigenvalue weighted by Crippen LogP contribution is -2.58. The Kier molecular flexibility index (Phi) is 9.97. The molecule has 30 heavy (non-hydrogen) atoms. The normalized spacial score (nSPS) is 14.0. The second kappa shape index (κ2) is 11.9. The number of hydrogen-bond donors (Lipinski definition) is 5. The van der Waals surface area contributed by atoms with Gasteiger partial charge in [-0.25, -0.2) is 4.79 Å². The van der Waals surface area contributed by atoms with Crippen LogP contribution in [0.2, 0.25) is 0 Å². The lowest BCUT2D eigenvalue weighted by atomic mass is 9.99. The monoisotopic (exact) mass is 420 g/mol. The Balaban J connectivity index is 3.07. The van der Waals surface area contributed by atoms with E-state index in [9.17, 15) is 24.3 Å². The number of aliphatic carboxylic acids is 1. The van der Waals surface area contributed by atoms with Crippen LogP contribution in [-0.2, 0) is 25.6 Å². The third kappa shape index (κ3) is 7.82. The number of carboxylic acids is 1. The highest BCUT2D eigenvalue weighted by Crippen LogP contribution is 2.08. The van der Waals surface area contributed by atoms with E-state index in [-0.39, 0.29) is 24.8 Å². The maximum atomic E-state index is 12.9. The lowest BCUT2D eigenvalue weighted by Gasteiger charge is -2.27. The summed E-state index contributed by atoms with van der Waals surface area (Å²) in [6.07, 6.45) is 0.165. The van der Waals surface area contributed by atoms with Crippen molar-refractivity contribution in [2.75, 3.05) is 6.54 Å². The van der Waals surface area contributed by atoms with E-state index in [0.29, 0.717) is 0 Å². The Morgan fingerprint density at radius 2 is 1.43 bits per heavy atom. The maximum absolute atomic E-state index is 12.9. The second-order valence-corrected chi connectivity index (χ2v) is 7.81. The van der Waals surface area contributed by atoms with E-state index in [1.54, 1.807) is 52.0 Å². The van der Waals surface area contributed by atoms with E-state index in [2.05, 4.69) is 16.0 Å². The van der Waals surface area contributed by atoms with Crippen molar-refractivity contribution in [3.63, 3.8) is 0 Å². The van der Waals surface area contributed by atoms with Crippen molar-refractivity contribution < 1.29 is 24.3 Å². The summed E-state index contributed by atoms with van der Waals surface area (Å²) in [5.74, 6) is -3.38. The molecule has 1 aromatic carbocycles. The van der Waals surface area contributed by atoms with Gasteiger partial charge in [-0.3, -0.25) is 14.4 Å². The minimum absolute atomic E-state index is 0.165. The molecule has 0 heterocycles. The van der Waals surface area contributed by atoms with Crippen LogP contribution >= 0.6 is 0 Å². The molecular weight excluding hydrogens is 388 g/mol. The van der Waals surface area contributed by atoms with E-state index < -0.39 is 41.8 Å². The number of carbonyl (C=O) groups is 4. The Hall–Kier alpha value is -2.94. The zero-order valence-corrected chi connectivity index (χ0v) is 17.8. The third-order valence-corrected chi connectivity index (χ3v) is 4.60. The molecule has 3 amide bonds. The van der Waals surface area contributed by atoms with Crippen LogP contribution in [0.3, 0.4) is 0 Å². The molecule has 9 heteroatoms. The number of rotatable bonds is 11. The molecule has 0 saturated carbocycles. The van der Waals surface area contributed by atoms with Crippen LogP contribution < -0.4 is 21.7 Å². The summed E-state index contributed by atoms with van der Waals surface area (Å²) in [4.78, 5) is 48.9. The molecule has 0 aromatic heterocycles. The minimum Gasteiger partial charge on any atom is -0.480 e. The van der Waals surface area contributed by atoms with Crippen molar-refractivity contribution in [2.45, 2.75) is 52.2 Å². The summed E-state index contributed by atoms with van der Waals surface area (Å²) >= 11 is 0. The van der Waals surface area contributed by atoms with Crippen molar-refractivity contribution >= 4 is 23.7 Å². The average Bonchev–Trinajstić information content (AvgIpc) is 2.69. The number of nitrogens with two attached hydrogens (primary N) is 1. The summed E-state index contributed by atoms with van der Waals surface area (Å²) in [6, 6.07) is 6.05. The quantitative estimate of drug-likeness (QED) is 0.341. The molecule has 0 saturated heterocycles. The maximum Gasteiger partial charge on any atom is 0.326 e. The number of nitrogens with one attached hydrogen (secondary N) is 3. The number of amides is 3. The van der Waals surface area contributed by atoms with Crippen molar-refractivity contribution in [3.8, 4) is 0 Å². The van der Waals surface area contributed by atoms with Gasteiger partial charge >= 0.3 is 5.97 Å². The first-order chi connectivity index (χ1) is 14.1. The number of hydrogen-bond acceptors (Lipinski definition) is 5. The molecule has 0 bridgehead atoms. The van der Waals surface area contributed by atoms with Gasteiger partial charge in [0.15, 0.2) is 0 Å². The van der Waals surface area contributed by atoms with Gasteiger partial charge in [-0.05, 0) is 17.4 Å². The molecule has 0 aliphatic carbocycles. The molecule has 1 rings (SSSR count). The molecule has 0 fully saturated rings. The first-order valence-corrected chi connectivity index (χ1v) is 9.93. The van der Waals surface area contributed by atoms with Gasteiger partial charge < -0.3 is 26.8 Å². The zero-order chi connectivity index (χ0) is 22.8. The van der Waals surface area contributed by atoms with Gasteiger partial charge in [0.05, 0.1) is 6.54 Å². The smallest absolute Gasteiger partial charge is 0.326 e. The molecule has 0 spiro atoms. The third-order valence-electron chi connectivity index (χ3n) is 4.60. The molecule has 6 N–H and O–H groups in total. The van der Waals surface area contributed by atoms with Crippen LogP contribution in [0.5, 0.6) is 0 Å². The highest BCUT2D eigenvalue weighted by atomic mass is 16.4. The van der Waals surface area contributed by atoms with Gasteiger partial charge in [0.1, 0.15) is 18.1 Å². The predicted octanol–water partition coefficient (Wildman–Crippen LogP) is 0.0388. The molecule has 0 radical (unpaired) electrons. The fourth-order valence-electron chi connectivity index (χ4n) is 2.86. The van der Waals surface area contributed by atoms with E-state index >= 15 is 0 Å². The van der Waals surface area contributed by atoms with Crippen molar-refractivity contribution in [1.29, 1.82) is 0 Å². The average molecular weight is 421 g/mol. The van der Waals surface area contributed by atoms with Crippen molar-refractivity contribution in [3.05, 3.63) is 35.9 Å². The van der Waals surface area contributed by atoms with Crippen LogP contribution in [0.4, 0.5) is 0 Å². The number of carbonyl (C=O) groups excluding carboxylic acids is 3. The van der Waals surface area contributed by atoms with E-state index in [1.165, 1.54) is 0 Å². The molecular formula is C21H32N4O5. The fourth-order valence-corrected chi connectivity index (χ4v) is 2.86. The van der Waals surface area contributed by atoms with Crippen LogP contribution in [0.25, 0.3) is 0 Å².